The van der Waals surface area contributed by atoms with E-state index in [4.69, 9.17) is 4.98 Å². The highest BCUT2D eigenvalue weighted by molar-refractivity contribution is 5.95. The van der Waals surface area contributed by atoms with Gasteiger partial charge in [-0.15, -0.1) is 6.58 Å². The standard InChI is InChI=1S/C47H68F2N4/c1-8-13-15-17-18-19-21-35-28-37(30-38(29-35)46(48)49)36-22-23-44-40(31-36)42(33-47(6,7)24-10-3)45(53(44)12-5)41-32-39(34-52-43(41)11-4)51-27-26-50-25-20-16-14-9-2/h8,22-23,28-32,34,46,50-51H,1,9-21,24-27,33H2,2-7H3. The predicted octanol–water partition coefficient (Wildman–Crippen LogP) is 13.5. The van der Waals surface area contributed by atoms with Gasteiger partial charge in [0.25, 0.3) is 6.43 Å². The van der Waals surface area contributed by atoms with Crippen molar-refractivity contribution in [2.24, 2.45) is 5.41 Å². The lowest BCUT2D eigenvalue weighted by Crippen LogP contribution is -2.23. The normalized spacial score (nSPS) is 11.9. The van der Waals surface area contributed by atoms with Crippen LogP contribution < -0.4 is 10.6 Å². The molecule has 2 N–H and O–H groups in total. The lowest BCUT2D eigenvalue weighted by atomic mass is 9.80. The van der Waals surface area contributed by atoms with Gasteiger partial charge in [-0.05, 0) is 117 Å². The summed E-state index contributed by atoms with van der Waals surface area (Å²) in [5.41, 5.74) is 10.1. The van der Waals surface area contributed by atoms with Gasteiger partial charge in [0.2, 0.25) is 0 Å². The maximum atomic E-state index is 14.3. The van der Waals surface area contributed by atoms with Crippen LogP contribution >= 0.6 is 0 Å². The topological polar surface area (TPSA) is 41.9 Å². The zero-order chi connectivity index (χ0) is 38.2. The van der Waals surface area contributed by atoms with Crippen molar-refractivity contribution < 1.29 is 8.78 Å². The molecule has 2 aromatic heterocycles. The Hall–Kier alpha value is -3.51. The first-order valence-corrected chi connectivity index (χ1v) is 20.8. The third-order valence-corrected chi connectivity index (χ3v) is 10.7. The molecule has 0 aliphatic heterocycles. The molecule has 0 amide bonds. The van der Waals surface area contributed by atoms with Gasteiger partial charge in [0.15, 0.2) is 0 Å². The van der Waals surface area contributed by atoms with Crippen LogP contribution in [0.15, 0.2) is 61.3 Å². The number of nitrogens with one attached hydrogen (secondary N) is 2. The van der Waals surface area contributed by atoms with Gasteiger partial charge >= 0.3 is 0 Å². The molecule has 0 unspecified atom stereocenters. The van der Waals surface area contributed by atoms with Gasteiger partial charge in [-0.1, -0.05) is 97.4 Å². The van der Waals surface area contributed by atoms with Crippen LogP contribution in [0.25, 0.3) is 33.3 Å². The summed E-state index contributed by atoms with van der Waals surface area (Å²) in [5, 5.41) is 8.44. The molecule has 290 valence electrons. The minimum absolute atomic E-state index is 0.0826. The van der Waals surface area contributed by atoms with Gasteiger partial charge in [0.05, 0.1) is 17.6 Å². The van der Waals surface area contributed by atoms with Crippen LogP contribution in [0, 0.1) is 5.41 Å². The number of anilines is 1. The molecule has 2 heterocycles. The highest BCUT2D eigenvalue weighted by Gasteiger charge is 2.27. The fourth-order valence-electron chi connectivity index (χ4n) is 7.96. The van der Waals surface area contributed by atoms with Crippen LogP contribution in [0.1, 0.15) is 141 Å². The summed E-state index contributed by atoms with van der Waals surface area (Å²) in [6, 6.07) is 14.5. The van der Waals surface area contributed by atoms with Crippen LogP contribution in [0.5, 0.6) is 0 Å². The molecule has 0 aliphatic carbocycles. The zero-order valence-electron chi connectivity index (χ0n) is 33.9. The Bertz CT molecular complexity index is 1720. The van der Waals surface area contributed by atoms with Gasteiger partial charge < -0.3 is 15.2 Å². The number of rotatable bonds is 25. The Balaban J connectivity index is 1.76. The van der Waals surface area contributed by atoms with Crippen molar-refractivity contribution in [2.75, 3.05) is 25.0 Å². The number of pyridine rings is 1. The number of aryl methyl sites for hydroxylation is 3. The van der Waals surface area contributed by atoms with E-state index in [9.17, 15) is 8.78 Å². The van der Waals surface area contributed by atoms with Gasteiger partial charge in [-0.25, -0.2) is 8.78 Å². The second-order valence-electron chi connectivity index (χ2n) is 15.7. The Morgan fingerprint density at radius 1 is 0.849 bits per heavy atom. The molecular formula is C47H68F2N4. The van der Waals surface area contributed by atoms with E-state index >= 15 is 0 Å². The summed E-state index contributed by atoms with van der Waals surface area (Å²) in [5.74, 6) is 0. The number of nitrogens with zero attached hydrogens (tertiary/aromatic N) is 2. The molecule has 53 heavy (non-hydrogen) atoms. The average Bonchev–Trinajstić information content (AvgIpc) is 3.45. The molecule has 0 saturated carbocycles. The minimum Gasteiger partial charge on any atom is -0.383 e. The number of alkyl halides is 2. The van der Waals surface area contributed by atoms with E-state index in [0.717, 1.165) is 118 Å². The molecule has 6 heteroatoms. The second-order valence-corrected chi connectivity index (χ2v) is 15.7. The molecule has 0 spiro atoms. The van der Waals surface area contributed by atoms with Crippen LogP contribution in [-0.4, -0.2) is 29.2 Å². The largest absolute Gasteiger partial charge is 0.383 e. The van der Waals surface area contributed by atoms with Crippen molar-refractivity contribution in [2.45, 2.75) is 144 Å². The van der Waals surface area contributed by atoms with E-state index in [1.165, 1.54) is 53.4 Å². The Morgan fingerprint density at radius 3 is 2.36 bits per heavy atom. The lowest BCUT2D eigenvalue weighted by molar-refractivity contribution is 0.151. The molecule has 0 radical (unpaired) electrons. The fraction of sp³-hybridized carbons (Fsp3) is 0.553. The smallest absolute Gasteiger partial charge is 0.263 e. The van der Waals surface area contributed by atoms with E-state index in [1.807, 2.05) is 12.3 Å². The van der Waals surface area contributed by atoms with E-state index < -0.39 is 6.43 Å². The highest BCUT2D eigenvalue weighted by Crippen LogP contribution is 2.42. The zero-order valence-corrected chi connectivity index (χ0v) is 33.9. The molecule has 0 saturated heterocycles. The van der Waals surface area contributed by atoms with Crippen molar-refractivity contribution in [1.82, 2.24) is 14.9 Å². The molecule has 0 atom stereocenters. The predicted molar refractivity (Wildman–Crippen MR) is 225 cm³/mol. The fourth-order valence-corrected chi connectivity index (χ4v) is 7.96. The Labute approximate surface area is 320 Å². The Morgan fingerprint density at radius 2 is 1.64 bits per heavy atom. The molecular weight excluding hydrogens is 659 g/mol. The van der Waals surface area contributed by atoms with Gasteiger partial charge in [-0.2, -0.15) is 0 Å². The highest BCUT2D eigenvalue weighted by atomic mass is 19.3. The summed E-state index contributed by atoms with van der Waals surface area (Å²) in [4.78, 5) is 5.02. The summed E-state index contributed by atoms with van der Waals surface area (Å²) < 4.78 is 31.0. The number of unbranched alkanes of at least 4 members (excludes halogenated alkanes) is 7. The van der Waals surface area contributed by atoms with Crippen molar-refractivity contribution in [3.8, 4) is 22.4 Å². The Kier molecular flexibility index (Phi) is 17.1. The van der Waals surface area contributed by atoms with E-state index in [0.29, 0.717) is 0 Å². The summed E-state index contributed by atoms with van der Waals surface area (Å²) >= 11 is 0. The third-order valence-electron chi connectivity index (χ3n) is 10.7. The molecule has 4 nitrogen and oxygen atoms in total. The van der Waals surface area contributed by atoms with Crippen molar-refractivity contribution in [3.05, 3.63) is 83.7 Å². The van der Waals surface area contributed by atoms with Crippen molar-refractivity contribution in [1.29, 1.82) is 0 Å². The van der Waals surface area contributed by atoms with E-state index in [2.05, 4.69) is 93.7 Å². The molecule has 4 rings (SSSR count). The number of benzene rings is 2. The number of aromatic nitrogens is 2. The van der Waals surface area contributed by atoms with Crippen molar-refractivity contribution >= 4 is 16.6 Å². The monoisotopic (exact) mass is 727 g/mol. The quantitative estimate of drug-likeness (QED) is 0.0528. The third kappa shape index (κ3) is 12.0. The first kappa shape index (κ1) is 42.2. The number of hydrogen-bond acceptors (Lipinski definition) is 3. The number of allylic oxidation sites excluding steroid dienone is 1. The molecule has 0 bridgehead atoms. The number of hydrogen-bond donors (Lipinski definition) is 2. The molecule has 0 fully saturated rings. The summed E-state index contributed by atoms with van der Waals surface area (Å²) in [6.07, 6.45) is 16.7. The minimum atomic E-state index is -2.51. The molecule has 0 aliphatic rings. The van der Waals surface area contributed by atoms with E-state index in [-0.39, 0.29) is 11.0 Å². The van der Waals surface area contributed by atoms with Crippen molar-refractivity contribution in [3.63, 3.8) is 0 Å². The van der Waals surface area contributed by atoms with Crippen LogP contribution in [-0.2, 0) is 25.8 Å². The van der Waals surface area contributed by atoms with E-state index in [1.54, 1.807) is 12.1 Å². The van der Waals surface area contributed by atoms with Crippen LogP contribution in [0.3, 0.4) is 0 Å². The van der Waals surface area contributed by atoms with Crippen LogP contribution in [0.4, 0.5) is 14.5 Å². The van der Waals surface area contributed by atoms with Gasteiger partial charge in [0, 0.05) is 47.4 Å². The second kappa shape index (κ2) is 21.4. The first-order chi connectivity index (χ1) is 25.7. The summed E-state index contributed by atoms with van der Waals surface area (Å²) in [7, 11) is 0. The molecule has 4 aromatic rings. The molecule has 2 aromatic carbocycles. The maximum absolute atomic E-state index is 14.3. The maximum Gasteiger partial charge on any atom is 0.263 e. The number of fused-ring (bicyclic) bond motifs is 1. The van der Waals surface area contributed by atoms with Gasteiger partial charge in [-0.3, -0.25) is 4.98 Å². The number of halogens is 2. The van der Waals surface area contributed by atoms with Gasteiger partial charge in [0.1, 0.15) is 0 Å². The summed E-state index contributed by atoms with van der Waals surface area (Å²) in [6.45, 7) is 21.1. The lowest BCUT2D eigenvalue weighted by Gasteiger charge is -2.25. The average molecular weight is 727 g/mol. The first-order valence-electron chi connectivity index (χ1n) is 20.8. The van der Waals surface area contributed by atoms with Crippen LogP contribution in [0.2, 0.25) is 0 Å². The SMILES string of the molecule is C=CCCCCCCc1cc(-c2ccc3c(c2)c(CC(C)(C)CCC)c(-c2cc(NCCNCCCCCC)cnc2CC)n3CC)cc(C(F)F)c1.